The first kappa shape index (κ1) is 20.4. The summed E-state index contributed by atoms with van der Waals surface area (Å²) in [5.41, 5.74) is 3.10. The Morgan fingerprint density at radius 3 is 2.66 bits per heavy atom. The van der Waals surface area contributed by atoms with Crippen LogP contribution >= 0.6 is 11.6 Å². The van der Waals surface area contributed by atoms with Crippen LogP contribution in [0.3, 0.4) is 0 Å². The number of carbonyl (C=O) groups is 1. The number of halogens is 1. The summed E-state index contributed by atoms with van der Waals surface area (Å²) >= 11 is 6.12. The number of benzene rings is 2. The normalized spacial score (nSPS) is 11.1. The number of nitrogens with one attached hydrogen (secondary N) is 2. The number of ether oxygens (including phenoxy) is 1. The number of pyridine rings is 1. The molecule has 0 saturated carbocycles. The largest absolute Gasteiger partial charge is 0.495 e. The van der Waals surface area contributed by atoms with Gasteiger partial charge in [0.05, 0.1) is 19.3 Å². The zero-order valence-corrected chi connectivity index (χ0v) is 16.9. The van der Waals surface area contributed by atoms with Crippen molar-refractivity contribution in [2.24, 2.45) is 4.99 Å². The van der Waals surface area contributed by atoms with Crippen LogP contribution in [0.5, 0.6) is 5.75 Å². The van der Waals surface area contributed by atoms with Gasteiger partial charge in [-0.2, -0.15) is 0 Å². The Hall–Kier alpha value is -3.38. The Labute approximate surface area is 174 Å². The molecular weight excluding hydrogens is 388 g/mol. The smallest absolute Gasteiger partial charge is 0.257 e. The molecule has 0 saturated heterocycles. The van der Waals surface area contributed by atoms with E-state index in [1.54, 1.807) is 43.8 Å². The zero-order valence-electron chi connectivity index (χ0n) is 16.1. The highest BCUT2D eigenvalue weighted by Crippen LogP contribution is 2.27. The van der Waals surface area contributed by atoms with Crippen molar-refractivity contribution in [1.82, 2.24) is 10.3 Å². The van der Waals surface area contributed by atoms with Crippen molar-refractivity contribution in [1.29, 1.82) is 0 Å². The monoisotopic (exact) mass is 408 g/mol. The second-order valence-corrected chi connectivity index (χ2v) is 6.75. The third-order valence-corrected chi connectivity index (χ3v) is 4.33. The first-order valence-corrected chi connectivity index (χ1v) is 9.35. The second-order valence-electron chi connectivity index (χ2n) is 6.31. The maximum Gasteiger partial charge on any atom is 0.257 e. The average molecular weight is 409 g/mol. The van der Waals surface area contributed by atoms with E-state index >= 15 is 0 Å². The fraction of sp³-hybridized carbons (Fsp3) is 0.136. The molecule has 1 aromatic heterocycles. The molecule has 2 N–H and O–H groups in total. The fourth-order valence-corrected chi connectivity index (χ4v) is 2.81. The molecule has 0 radical (unpaired) electrons. The maximum atomic E-state index is 12.7. The van der Waals surface area contributed by atoms with Crippen LogP contribution in [0.15, 0.2) is 72.0 Å². The first-order chi connectivity index (χ1) is 14.0. The van der Waals surface area contributed by atoms with Crippen molar-refractivity contribution in [2.45, 2.75) is 13.5 Å². The number of rotatable bonds is 5. The SMILES string of the molecule is COc1ccc(Cl)cc1NC(=NCc1ccncc1)NC(=O)c1cccc(C)c1. The molecule has 0 aliphatic rings. The third-order valence-electron chi connectivity index (χ3n) is 4.10. The van der Waals surface area contributed by atoms with Crippen molar-refractivity contribution in [3.8, 4) is 5.75 Å². The van der Waals surface area contributed by atoms with Crippen molar-refractivity contribution in [3.05, 3.63) is 88.7 Å². The summed E-state index contributed by atoms with van der Waals surface area (Å²) in [6, 6.07) is 16.3. The molecule has 2 aromatic carbocycles. The standard InChI is InChI=1S/C22H21ClN4O2/c1-15-4-3-5-17(12-15)21(28)27-22(25-14-16-8-10-24-11-9-16)26-19-13-18(23)6-7-20(19)29-2/h3-13H,14H2,1-2H3,(H2,25,26,27,28). The number of hydrogen-bond donors (Lipinski definition) is 2. The molecule has 0 aliphatic heterocycles. The minimum atomic E-state index is -0.268. The molecule has 0 atom stereocenters. The van der Waals surface area contributed by atoms with Crippen molar-refractivity contribution < 1.29 is 9.53 Å². The molecular formula is C22H21ClN4O2. The van der Waals surface area contributed by atoms with E-state index in [2.05, 4.69) is 20.6 Å². The molecule has 0 unspecified atom stereocenters. The summed E-state index contributed by atoms with van der Waals surface area (Å²) in [5, 5.41) is 6.49. The number of amides is 1. The molecule has 0 spiro atoms. The summed E-state index contributed by atoms with van der Waals surface area (Å²) < 4.78 is 5.37. The molecule has 148 valence electrons. The highest BCUT2D eigenvalue weighted by atomic mass is 35.5. The molecule has 3 aromatic rings. The van der Waals surface area contributed by atoms with Gasteiger partial charge in [0.1, 0.15) is 5.75 Å². The van der Waals surface area contributed by atoms with Crippen LogP contribution in [0, 0.1) is 6.92 Å². The molecule has 6 nitrogen and oxygen atoms in total. The number of methoxy groups -OCH3 is 1. The van der Waals surface area contributed by atoms with Gasteiger partial charge in [0, 0.05) is 23.0 Å². The van der Waals surface area contributed by atoms with Crippen molar-refractivity contribution >= 4 is 29.2 Å². The Bertz CT molecular complexity index is 1020. The lowest BCUT2D eigenvalue weighted by atomic mass is 10.1. The quantitative estimate of drug-likeness (QED) is 0.483. The van der Waals surface area contributed by atoms with E-state index < -0.39 is 0 Å². The van der Waals surface area contributed by atoms with E-state index in [4.69, 9.17) is 16.3 Å². The summed E-state index contributed by atoms with van der Waals surface area (Å²) in [4.78, 5) is 21.3. The molecule has 1 amide bonds. The zero-order chi connectivity index (χ0) is 20.6. The fourth-order valence-electron chi connectivity index (χ4n) is 2.64. The maximum absolute atomic E-state index is 12.7. The van der Waals surface area contributed by atoms with Gasteiger partial charge in [-0.1, -0.05) is 29.3 Å². The van der Waals surface area contributed by atoms with Gasteiger partial charge in [-0.05, 0) is 55.0 Å². The number of nitrogens with zero attached hydrogens (tertiary/aromatic N) is 2. The Morgan fingerprint density at radius 2 is 1.93 bits per heavy atom. The summed E-state index contributed by atoms with van der Waals surface area (Å²) in [7, 11) is 1.56. The second kappa shape index (κ2) is 9.71. The van der Waals surface area contributed by atoms with E-state index in [0.29, 0.717) is 28.6 Å². The first-order valence-electron chi connectivity index (χ1n) is 8.97. The lowest BCUT2D eigenvalue weighted by Crippen LogP contribution is -2.36. The predicted octanol–water partition coefficient (Wildman–Crippen LogP) is 4.45. The Kier molecular flexibility index (Phi) is 6.81. The van der Waals surface area contributed by atoms with Gasteiger partial charge in [-0.25, -0.2) is 4.99 Å². The van der Waals surface area contributed by atoms with Crippen molar-refractivity contribution in [3.63, 3.8) is 0 Å². The highest BCUT2D eigenvalue weighted by Gasteiger charge is 2.12. The number of aromatic nitrogens is 1. The Balaban J connectivity index is 1.87. The van der Waals surface area contributed by atoms with Crippen LogP contribution in [0.25, 0.3) is 0 Å². The van der Waals surface area contributed by atoms with E-state index in [1.165, 1.54) is 0 Å². The molecule has 0 bridgehead atoms. The number of carbonyl (C=O) groups excluding carboxylic acids is 1. The van der Waals surface area contributed by atoms with Gasteiger partial charge in [0.15, 0.2) is 0 Å². The van der Waals surface area contributed by atoms with Crippen molar-refractivity contribution in [2.75, 3.05) is 12.4 Å². The third kappa shape index (κ3) is 5.80. The van der Waals surface area contributed by atoms with E-state index in [0.717, 1.165) is 11.1 Å². The van der Waals surface area contributed by atoms with E-state index in [1.807, 2.05) is 37.3 Å². The summed E-state index contributed by atoms with van der Waals surface area (Å²) in [5.74, 6) is 0.598. The lowest BCUT2D eigenvalue weighted by molar-refractivity contribution is 0.0977. The van der Waals surface area contributed by atoms with Gasteiger partial charge >= 0.3 is 0 Å². The summed E-state index contributed by atoms with van der Waals surface area (Å²) in [6.07, 6.45) is 3.40. The van der Waals surface area contributed by atoms with E-state index in [9.17, 15) is 4.79 Å². The van der Waals surface area contributed by atoms with Crippen LogP contribution in [0.4, 0.5) is 5.69 Å². The van der Waals surface area contributed by atoms with Gasteiger partial charge in [0.25, 0.3) is 5.91 Å². The van der Waals surface area contributed by atoms with Crippen LogP contribution in [0.1, 0.15) is 21.5 Å². The minimum absolute atomic E-state index is 0.268. The van der Waals surface area contributed by atoms with Crippen LogP contribution in [0.2, 0.25) is 5.02 Å². The van der Waals surface area contributed by atoms with Gasteiger partial charge in [-0.3, -0.25) is 15.1 Å². The van der Waals surface area contributed by atoms with Gasteiger partial charge in [0.2, 0.25) is 5.96 Å². The molecule has 1 heterocycles. The predicted molar refractivity (Wildman–Crippen MR) is 116 cm³/mol. The van der Waals surface area contributed by atoms with Gasteiger partial charge in [-0.15, -0.1) is 0 Å². The number of hydrogen-bond acceptors (Lipinski definition) is 4. The lowest BCUT2D eigenvalue weighted by Gasteiger charge is -2.15. The molecule has 7 heteroatoms. The van der Waals surface area contributed by atoms with E-state index in [-0.39, 0.29) is 11.9 Å². The summed E-state index contributed by atoms with van der Waals surface area (Å²) in [6.45, 7) is 2.30. The minimum Gasteiger partial charge on any atom is -0.495 e. The number of guanidine groups is 1. The van der Waals surface area contributed by atoms with Crippen LogP contribution < -0.4 is 15.4 Å². The molecule has 0 aliphatic carbocycles. The topological polar surface area (TPSA) is 75.6 Å². The van der Waals surface area contributed by atoms with Crippen LogP contribution in [-0.2, 0) is 6.54 Å². The number of aliphatic imine (C=N–C) groups is 1. The van der Waals surface area contributed by atoms with Gasteiger partial charge < -0.3 is 10.1 Å². The van der Waals surface area contributed by atoms with Crippen LogP contribution in [-0.4, -0.2) is 24.0 Å². The average Bonchev–Trinajstić information content (AvgIpc) is 2.73. The Morgan fingerprint density at radius 1 is 1.14 bits per heavy atom. The molecule has 3 rings (SSSR count). The number of anilines is 1. The highest BCUT2D eigenvalue weighted by molar-refractivity contribution is 6.31. The number of aryl methyl sites for hydroxylation is 1. The molecule has 29 heavy (non-hydrogen) atoms. The molecule has 0 fully saturated rings.